The van der Waals surface area contributed by atoms with Crippen molar-refractivity contribution in [2.45, 2.75) is 44.2 Å². The number of anilines is 1. The van der Waals surface area contributed by atoms with Crippen molar-refractivity contribution in [3.63, 3.8) is 0 Å². The highest BCUT2D eigenvalue weighted by atomic mass is 16.5. The number of imide groups is 2. The van der Waals surface area contributed by atoms with Gasteiger partial charge in [0.05, 0.1) is 30.3 Å². The average Bonchev–Trinajstić information content (AvgIpc) is 3.18. The lowest BCUT2D eigenvalue weighted by Crippen LogP contribution is -2.54. The van der Waals surface area contributed by atoms with E-state index in [1.165, 1.54) is 0 Å². The van der Waals surface area contributed by atoms with E-state index in [0.29, 0.717) is 42.9 Å². The van der Waals surface area contributed by atoms with Gasteiger partial charge >= 0.3 is 0 Å². The topological polar surface area (TPSA) is 116 Å². The van der Waals surface area contributed by atoms with Crippen molar-refractivity contribution in [1.29, 1.82) is 0 Å². The number of hydrogen-bond donors (Lipinski definition) is 1. The third kappa shape index (κ3) is 4.62. The Morgan fingerprint density at radius 1 is 1.03 bits per heavy atom. The van der Waals surface area contributed by atoms with Crippen molar-refractivity contribution in [3.8, 4) is 5.75 Å². The van der Waals surface area contributed by atoms with Crippen molar-refractivity contribution in [2.24, 2.45) is 0 Å². The molecule has 3 heterocycles. The summed E-state index contributed by atoms with van der Waals surface area (Å²) in [6.07, 6.45) is 1.90. The minimum atomic E-state index is -0.997. The minimum absolute atomic E-state index is 0.0259. The first-order valence-corrected chi connectivity index (χ1v) is 12.8. The van der Waals surface area contributed by atoms with E-state index in [1.807, 2.05) is 37.4 Å². The van der Waals surface area contributed by atoms with E-state index in [-0.39, 0.29) is 36.8 Å². The fraction of sp³-hybridized carbons (Fsp3) is 0.393. The monoisotopic (exact) mass is 518 g/mol. The van der Waals surface area contributed by atoms with Crippen LogP contribution in [0.1, 0.15) is 52.0 Å². The van der Waals surface area contributed by atoms with Gasteiger partial charge in [-0.3, -0.25) is 34.2 Å². The Labute approximate surface area is 220 Å². The normalized spacial score (nSPS) is 19.9. The maximum atomic E-state index is 13.4. The van der Waals surface area contributed by atoms with Crippen LogP contribution in [0.2, 0.25) is 0 Å². The summed E-state index contributed by atoms with van der Waals surface area (Å²) in [5, 5.41) is 2.22. The molecule has 1 atom stereocenters. The molecule has 0 spiro atoms. The molecule has 0 radical (unpaired) electrons. The SMILES string of the molecule is COc1cccc(CC(=O)N(C)C2CCN(c3cccc4c3C(=O)N(C3CCC(=O)NC3=O)C4=O)CC2)c1. The number of nitrogens with zero attached hydrogens (tertiary/aromatic N) is 3. The molecule has 1 unspecified atom stereocenters. The largest absolute Gasteiger partial charge is 0.497 e. The van der Waals surface area contributed by atoms with Gasteiger partial charge in [-0.25, -0.2) is 0 Å². The third-order valence-electron chi connectivity index (χ3n) is 7.68. The Balaban J connectivity index is 1.26. The molecule has 2 saturated heterocycles. The number of ether oxygens (including phenoxy) is 1. The second-order valence-corrected chi connectivity index (χ2v) is 9.90. The molecule has 2 aromatic carbocycles. The molecule has 1 N–H and O–H groups in total. The summed E-state index contributed by atoms with van der Waals surface area (Å²) in [5.74, 6) is -1.32. The van der Waals surface area contributed by atoms with Crippen LogP contribution in [0.3, 0.4) is 0 Å². The number of likely N-dealkylation sites (N-methyl/N-ethyl adjacent to an activating group) is 1. The van der Waals surface area contributed by atoms with Crippen LogP contribution in [0.5, 0.6) is 5.75 Å². The number of carbonyl (C=O) groups excluding carboxylic acids is 5. The number of nitrogens with one attached hydrogen (secondary N) is 1. The Hall–Kier alpha value is -4.21. The molecule has 0 aliphatic carbocycles. The molecule has 5 amide bonds. The van der Waals surface area contributed by atoms with E-state index in [0.717, 1.165) is 10.5 Å². The summed E-state index contributed by atoms with van der Waals surface area (Å²) >= 11 is 0. The maximum absolute atomic E-state index is 13.4. The minimum Gasteiger partial charge on any atom is -0.497 e. The number of hydrogen-bond acceptors (Lipinski definition) is 7. The van der Waals surface area contributed by atoms with Gasteiger partial charge in [0, 0.05) is 32.6 Å². The van der Waals surface area contributed by atoms with Crippen molar-refractivity contribution < 1.29 is 28.7 Å². The zero-order valence-corrected chi connectivity index (χ0v) is 21.4. The van der Waals surface area contributed by atoms with Crippen molar-refractivity contribution in [3.05, 3.63) is 59.2 Å². The maximum Gasteiger partial charge on any atom is 0.264 e. The van der Waals surface area contributed by atoms with Crippen LogP contribution in [0.4, 0.5) is 5.69 Å². The van der Waals surface area contributed by atoms with Gasteiger partial charge in [0.1, 0.15) is 11.8 Å². The summed E-state index contributed by atoms with van der Waals surface area (Å²) < 4.78 is 5.25. The number of methoxy groups -OCH3 is 1. The van der Waals surface area contributed by atoms with E-state index < -0.39 is 29.7 Å². The molecule has 10 nitrogen and oxygen atoms in total. The molecule has 0 saturated carbocycles. The lowest BCUT2D eigenvalue weighted by Gasteiger charge is -2.38. The molecule has 3 aliphatic heterocycles. The van der Waals surface area contributed by atoms with E-state index >= 15 is 0 Å². The van der Waals surface area contributed by atoms with Crippen LogP contribution < -0.4 is 15.0 Å². The smallest absolute Gasteiger partial charge is 0.264 e. The van der Waals surface area contributed by atoms with Crippen LogP contribution in [0, 0.1) is 0 Å². The van der Waals surface area contributed by atoms with Gasteiger partial charge < -0.3 is 14.5 Å². The molecule has 2 aromatic rings. The first-order valence-electron chi connectivity index (χ1n) is 12.8. The lowest BCUT2D eigenvalue weighted by molar-refractivity contribution is -0.136. The number of carbonyl (C=O) groups is 5. The van der Waals surface area contributed by atoms with Crippen molar-refractivity contribution >= 4 is 35.2 Å². The molecule has 198 valence electrons. The van der Waals surface area contributed by atoms with Gasteiger partial charge in [-0.05, 0) is 49.1 Å². The summed E-state index contributed by atoms with van der Waals surface area (Å²) in [5.41, 5.74) is 2.11. The third-order valence-corrected chi connectivity index (χ3v) is 7.68. The van der Waals surface area contributed by atoms with Gasteiger partial charge in [-0.1, -0.05) is 18.2 Å². The van der Waals surface area contributed by atoms with E-state index in [4.69, 9.17) is 4.74 Å². The summed E-state index contributed by atoms with van der Waals surface area (Å²) in [6, 6.07) is 11.7. The fourth-order valence-corrected chi connectivity index (χ4v) is 5.54. The fourth-order valence-electron chi connectivity index (χ4n) is 5.54. The molecule has 10 heteroatoms. The first-order chi connectivity index (χ1) is 18.3. The van der Waals surface area contributed by atoms with Crippen molar-refractivity contribution in [2.75, 3.05) is 32.1 Å². The molecule has 2 fully saturated rings. The number of rotatable bonds is 6. The van der Waals surface area contributed by atoms with Gasteiger partial charge in [-0.2, -0.15) is 0 Å². The molecule has 3 aliphatic rings. The summed E-state index contributed by atoms with van der Waals surface area (Å²) in [7, 11) is 3.42. The second-order valence-electron chi connectivity index (χ2n) is 9.90. The predicted molar refractivity (Wildman–Crippen MR) is 138 cm³/mol. The zero-order chi connectivity index (χ0) is 27.0. The van der Waals surface area contributed by atoms with Gasteiger partial charge in [0.2, 0.25) is 17.7 Å². The van der Waals surface area contributed by atoms with Gasteiger partial charge in [-0.15, -0.1) is 0 Å². The van der Waals surface area contributed by atoms with Crippen molar-refractivity contribution in [1.82, 2.24) is 15.1 Å². The van der Waals surface area contributed by atoms with Crippen LogP contribution in [0.15, 0.2) is 42.5 Å². The van der Waals surface area contributed by atoms with Crippen LogP contribution in [-0.4, -0.2) is 78.7 Å². The number of piperidine rings is 2. The molecular weight excluding hydrogens is 488 g/mol. The highest BCUT2D eigenvalue weighted by molar-refractivity contribution is 6.25. The average molecular weight is 519 g/mol. The Morgan fingerprint density at radius 3 is 2.47 bits per heavy atom. The van der Waals surface area contributed by atoms with E-state index in [1.54, 1.807) is 24.1 Å². The van der Waals surface area contributed by atoms with E-state index in [9.17, 15) is 24.0 Å². The Morgan fingerprint density at radius 2 is 1.76 bits per heavy atom. The standard InChI is InChI=1S/C28H30N4O6/c1-30(24(34)16-17-5-3-6-19(15-17)38-2)18-11-13-31(14-12-18)21-8-4-7-20-25(21)28(37)32(27(20)36)22-9-10-23(33)29-26(22)35/h3-8,15,18,22H,9-14,16H2,1-2H3,(H,29,33,35). The molecule has 5 rings (SSSR count). The highest BCUT2D eigenvalue weighted by Gasteiger charge is 2.46. The second kappa shape index (κ2) is 10.3. The van der Waals surface area contributed by atoms with Gasteiger partial charge in [0.25, 0.3) is 11.8 Å². The van der Waals surface area contributed by atoms with Crippen LogP contribution in [0.25, 0.3) is 0 Å². The van der Waals surface area contributed by atoms with Crippen LogP contribution in [-0.2, 0) is 20.8 Å². The van der Waals surface area contributed by atoms with Gasteiger partial charge in [0.15, 0.2) is 0 Å². The van der Waals surface area contributed by atoms with E-state index in [2.05, 4.69) is 10.2 Å². The Bertz CT molecular complexity index is 1320. The van der Waals surface area contributed by atoms with Crippen LogP contribution >= 0.6 is 0 Å². The first kappa shape index (κ1) is 25.4. The highest BCUT2D eigenvalue weighted by Crippen LogP contribution is 2.35. The number of fused-ring (bicyclic) bond motifs is 1. The predicted octanol–water partition coefficient (Wildman–Crippen LogP) is 1.77. The Kier molecular flexibility index (Phi) is 6.88. The number of amides is 5. The quantitative estimate of drug-likeness (QED) is 0.580. The zero-order valence-electron chi connectivity index (χ0n) is 21.4. The number of benzene rings is 2. The lowest BCUT2D eigenvalue weighted by atomic mass is 9.99. The molecular formula is C28H30N4O6. The molecule has 38 heavy (non-hydrogen) atoms. The molecule has 0 bridgehead atoms. The summed E-state index contributed by atoms with van der Waals surface area (Å²) in [4.78, 5) is 68.3. The summed E-state index contributed by atoms with van der Waals surface area (Å²) in [6.45, 7) is 1.22. The molecule has 0 aromatic heterocycles.